The van der Waals surface area contributed by atoms with Crippen molar-refractivity contribution in [1.29, 1.82) is 0 Å². The number of aryl methyl sites for hydroxylation is 1. The second-order valence-corrected chi connectivity index (χ2v) is 6.41. The van der Waals surface area contributed by atoms with E-state index < -0.39 is 0 Å². The Morgan fingerprint density at radius 2 is 1.96 bits per heavy atom. The number of anilines is 4. The van der Waals surface area contributed by atoms with E-state index in [-0.39, 0.29) is 17.6 Å². The fourth-order valence-corrected chi connectivity index (χ4v) is 3.19. The summed E-state index contributed by atoms with van der Waals surface area (Å²) < 4.78 is 16.8. The Hall–Kier alpha value is -2.91. The van der Waals surface area contributed by atoms with Crippen LogP contribution in [-0.2, 0) is 7.05 Å². The van der Waals surface area contributed by atoms with Gasteiger partial charge in [0.15, 0.2) is 18.0 Å². The predicted molar refractivity (Wildman–Crippen MR) is 106 cm³/mol. The highest BCUT2D eigenvalue weighted by Crippen LogP contribution is 2.34. The maximum absolute atomic E-state index is 13.7. The summed E-state index contributed by atoms with van der Waals surface area (Å²) in [6, 6.07) is 12.7. The lowest BCUT2D eigenvalue weighted by molar-refractivity contribution is 0.900. The SMILES string of the molecule is Cn1c(N(SF)c2ccccc2)nc2cc(Nc3ccnc(Cl)n3)cnc21. The third-order valence-electron chi connectivity index (χ3n) is 3.83. The van der Waals surface area contributed by atoms with Gasteiger partial charge in [0.05, 0.1) is 17.6 Å². The fourth-order valence-electron chi connectivity index (χ4n) is 2.62. The molecule has 136 valence electrons. The number of rotatable bonds is 5. The van der Waals surface area contributed by atoms with Gasteiger partial charge in [0.1, 0.15) is 11.3 Å². The van der Waals surface area contributed by atoms with Crippen molar-refractivity contribution in [2.45, 2.75) is 0 Å². The van der Waals surface area contributed by atoms with Crippen molar-refractivity contribution < 1.29 is 3.89 Å². The van der Waals surface area contributed by atoms with Gasteiger partial charge in [-0.3, -0.25) is 4.57 Å². The molecule has 4 aromatic rings. The van der Waals surface area contributed by atoms with Gasteiger partial charge < -0.3 is 5.32 Å². The molecule has 0 unspecified atom stereocenters. The van der Waals surface area contributed by atoms with Crippen LogP contribution in [0.15, 0.2) is 54.9 Å². The lowest BCUT2D eigenvalue weighted by atomic mass is 10.3. The van der Waals surface area contributed by atoms with Gasteiger partial charge in [0, 0.05) is 13.2 Å². The van der Waals surface area contributed by atoms with Crippen LogP contribution in [0.2, 0.25) is 5.28 Å². The Balaban J connectivity index is 1.71. The van der Waals surface area contributed by atoms with Gasteiger partial charge in [-0.2, -0.15) is 0 Å². The zero-order valence-corrected chi connectivity index (χ0v) is 15.6. The van der Waals surface area contributed by atoms with E-state index >= 15 is 0 Å². The third-order valence-corrected chi connectivity index (χ3v) is 4.52. The van der Waals surface area contributed by atoms with Crippen molar-refractivity contribution in [3.8, 4) is 0 Å². The Morgan fingerprint density at radius 1 is 1.15 bits per heavy atom. The number of hydrogen-bond donors (Lipinski definition) is 1. The number of imidazole rings is 1. The molecule has 0 saturated carbocycles. The minimum atomic E-state index is 0.0889. The van der Waals surface area contributed by atoms with Crippen molar-refractivity contribution in [2.75, 3.05) is 9.62 Å². The molecule has 0 aliphatic heterocycles. The summed E-state index contributed by atoms with van der Waals surface area (Å²) in [7, 11) is 1.79. The van der Waals surface area contributed by atoms with Crippen molar-refractivity contribution >= 4 is 58.2 Å². The maximum Gasteiger partial charge on any atom is 0.224 e. The van der Waals surface area contributed by atoms with Crippen LogP contribution in [0.3, 0.4) is 0 Å². The summed E-state index contributed by atoms with van der Waals surface area (Å²) in [5, 5.41) is 3.25. The minimum Gasteiger partial charge on any atom is -0.339 e. The molecule has 0 aliphatic carbocycles. The summed E-state index contributed by atoms with van der Waals surface area (Å²) in [5.41, 5.74) is 2.61. The lowest BCUT2D eigenvalue weighted by Crippen LogP contribution is -2.10. The topological polar surface area (TPSA) is 71.8 Å². The Morgan fingerprint density at radius 3 is 2.70 bits per heavy atom. The molecular formula is C17H13ClFN7S. The normalized spacial score (nSPS) is 10.9. The van der Waals surface area contributed by atoms with Crippen molar-refractivity contribution in [2.24, 2.45) is 7.05 Å². The molecule has 10 heteroatoms. The fraction of sp³-hybridized carbons (Fsp3) is 0.0588. The van der Waals surface area contributed by atoms with E-state index in [0.717, 1.165) is 0 Å². The smallest absolute Gasteiger partial charge is 0.224 e. The lowest BCUT2D eigenvalue weighted by Gasteiger charge is -2.17. The molecule has 0 fully saturated rings. The molecule has 1 N–H and O–H groups in total. The van der Waals surface area contributed by atoms with E-state index in [4.69, 9.17) is 11.6 Å². The number of nitrogens with one attached hydrogen (secondary N) is 1. The number of benzene rings is 1. The number of halogens is 2. The summed E-state index contributed by atoms with van der Waals surface area (Å²) in [4.78, 5) is 16.9. The highest BCUT2D eigenvalue weighted by Gasteiger charge is 2.19. The molecule has 27 heavy (non-hydrogen) atoms. The first-order valence-corrected chi connectivity index (χ1v) is 8.93. The Kier molecular flexibility index (Phi) is 4.78. The molecule has 0 radical (unpaired) electrons. The average Bonchev–Trinajstić information content (AvgIpc) is 2.99. The number of aromatic nitrogens is 5. The molecule has 0 spiro atoms. The number of pyridine rings is 1. The van der Waals surface area contributed by atoms with Crippen LogP contribution in [-0.4, -0.2) is 24.5 Å². The maximum atomic E-state index is 13.7. The zero-order chi connectivity index (χ0) is 18.8. The number of hydrogen-bond acceptors (Lipinski definition) is 7. The van der Waals surface area contributed by atoms with Gasteiger partial charge in [-0.25, -0.2) is 24.2 Å². The molecule has 3 heterocycles. The van der Waals surface area contributed by atoms with Crippen LogP contribution in [0.4, 0.5) is 27.0 Å². The van der Waals surface area contributed by atoms with Gasteiger partial charge in [-0.1, -0.05) is 18.2 Å². The first-order valence-electron chi connectivity index (χ1n) is 7.87. The second-order valence-electron chi connectivity index (χ2n) is 5.57. The summed E-state index contributed by atoms with van der Waals surface area (Å²) >= 11 is 5.89. The molecule has 3 aromatic heterocycles. The summed E-state index contributed by atoms with van der Waals surface area (Å²) in [5.74, 6) is 0.968. The molecule has 0 amide bonds. The molecule has 0 atom stereocenters. The highest BCUT2D eigenvalue weighted by atomic mass is 35.5. The summed E-state index contributed by atoms with van der Waals surface area (Å²) in [6.45, 7) is 0. The highest BCUT2D eigenvalue weighted by molar-refractivity contribution is 7.96. The Labute approximate surface area is 163 Å². The van der Waals surface area contributed by atoms with Gasteiger partial charge in [-0.15, -0.1) is 3.89 Å². The van der Waals surface area contributed by atoms with Crippen LogP contribution in [0, 0.1) is 0 Å². The number of nitrogens with zero attached hydrogens (tertiary/aromatic N) is 6. The predicted octanol–water partition coefficient (Wildman–Crippen LogP) is 4.83. The zero-order valence-electron chi connectivity index (χ0n) is 14.0. The van der Waals surface area contributed by atoms with Gasteiger partial charge in [-0.05, 0) is 35.9 Å². The van der Waals surface area contributed by atoms with Gasteiger partial charge >= 0.3 is 0 Å². The van der Waals surface area contributed by atoms with Crippen LogP contribution in [0.25, 0.3) is 11.2 Å². The van der Waals surface area contributed by atoms with Gasteiger partial charge in [0.25, 0.3) is 0 Å². The van der Waals surface area contributed by atoms with E-state index in [1.165, 1.54) is 4.31 Å². The van der Waals surface area contributed by atoms with Gasteiger partial charge in [0.2, 0.25) is 11.2 Å². The van der Waals surface area contributed by atoms with Crippen molar-refractivity contribution in [1.82, 2.24) is 24.5 Å². The molecule has 0 bridgehead atoms. The molecule has 1 aromatic carbocycles. The molecular weight excluding hydrogens is 389 g/mol. The van der Waals surface area contributed by atoms with Crippen LogP contribution >= 0.6 is 23.9 Å². The van der Waals surface area contributed by atoms with E-state index in [1.807, 2.05) is 36.4 Å². The molecule has 0 aliphatic rings. The van der Waals surface area contributed by atoms with Crippen molar-refractivity contribution in [3.05, 3.63) is 60.1 Å². The quantitative estimate of drug-likeness (QED) is 0.379. The van der Waals surface area contributed by atoms with Crippen LogP contribution in [0.1, 0.15) is 0 Å². The van der Waals surface area contributed by atoms with Crippen molar-refractivity contribution in [3.63, 3.8) is 0 Å². The third kappa shape index (κ3) is 3.51. The average molecular weight is 402 g/mol. The monoisotopic (exact) mass is 401 g/mol. The van der Waals surface area contributed by atoms with E-state index in [2.05, 4.69) is 25.3 Å². The molecule has 7 nitrogen and oxygen atoms in total. The summed E-state index contributed by atoms with van der Waals surface area (Å²) in [6.07, 6.45) is 3.21. The largest absolute Gasteiger partial charge is 0.339 e. The van der Waals surface area contributed by atoms with E-state index in [9.17, 15) is 3.89 Å². The van der Waals surface area contributed by atoms with Crippen LogP contribution < -0.4 is 9.62 Å². The number of para-hydroxylation sites is 1. The number of fused-ring (bicyclic) bond motifs is 1. The van der Waals surface area contributed by atoms with E-state index in [1.54, 1.807) is 30.1 Å². The second kappa shape index (κ2) is 7.37. The standard InChI is InChI=1S/C17H13ClFN7S/c1-25-15-13(23-17(25)26(27-19)12-5-3-2-4-6-12)9-11(10-21-15)22-14-7-8-20-16(18)24-14/h2-10H,1H3,(H,20,22,24). The minimum absolute atomic E-state index is 0.0889. The molecule has 4 rings (SSSR count). The van der Waals surface area contributed by atoms with Crippen LogP contribution in [0.5, 0.6) is 0 Å². The Bertz CT molecular complexity index is 1090. The van der Waals surface area contributed by atoms with E-state index in [0.29, 0.717) is 34.3 Å². The molecule has 0 saturated heterocycles. The first-order chi connectivity index (χ1) is 13.2. The first kappa shape index (κ1) is 17.5.